The second kappa shape index (κ2) is 25.1. The Kier molecular flexibility index (Phi) is 12.1. The molecule has 0 aliphatic carbocycles. The van der Waals surface area contributed by atoms with Crippen LogP contribution in [0.2, 0.25) is 0 Å². The van der Waals surface area contributed by atoms with Crippen LogP contribution in [0.5, 0.6) is 0 Å². The van der Waals surface area contributed by atoms with E-state index in [2.05, 4.69) is 230 Å². The number of aromatic nitrogens is 2. The summed E-state index contributed by atoms with van der Waals surface area (Å²) in [5.74, 6) is 0. The van der Waals surface area contributed by atoms with Crippen molar-refractivity contribution in [1.29, 1.82) is 0 Å². The van der Waals surface area contributed by atoms with Gasteiger partial charge in [-0.2, -0.15) is 0 Å². The number of nitrogens with zero attached hydrogens (tertiary/aromatic N) is 4. The van der Waals surface area contributed by atoms with E-state index in [1.54, 1.807) is 57.7 Å². The quantitative estimate of drug-likeness (QED) is 0.127. The van der Waals surface area contributed by atoms with Crippen molar-refractivity contribution in [2.24, 2.45) is 0 Å². The van der Waals surface area contributed by atoms with E-state index in [-0.39, 0.29) is 91.0 Å². The number of para-hydroxylation sites is 2. The first kappa shape index (κ1) is 51.7. The Balaban J connectivity index is 1.03. The molecule has 5 heteroatoms. The fourth-order valence-electron chi connectivity index (χ4n) is 16.2. The van der Waals surface area contributed by atoms with E-state index in [1.807, 2.05) is 48.5 Å². The second-order valence-corrected chi connectivity index (χ2v) is 31.4. The number of hydrogen-bond donors (Lipinski definition) is 0. The highest BCUT2D eigenvalue weighted by Gasteiger charge is 2.47. The Morgan fingerprint density at radius 3 is 0.897 bits per heavy atom. The van der Waals surface area contributed by atoms with Crippen LogP contribution < -0.4 is 26.2 Å². The van der Waals surface area contributed by atoms with Gasteiger partial charge in [0.05, 0.1) is 52.6 Å². The fraction of sp³-hybridized carbons (Fsp3) is 0.118. The third-order valence-corrected chi connectivity index (χ3v) is 21.6. The summed E-state index contributed by atoms with van der Waals surface area (Å²) in [6.07, 6.45) is 0. The Morgan fingerprint density at radius 1 is 0.271 bits per heavy atom. The molecular weight excluding hydrogens is 1290 g/mol. The number of hydrogen-bond acceptors (Lipinski definition) is 2. The summed E-state index contributed by atoms with van der Waals surface area (Å²) < 4.78 is 142. The largest absolute Gasteiger partial charge is 0.310 e. The molecule has 0 spiro atoms. The molecule has 4 nitrogen and oxygen atoms in total. The van der Waals surface area contributed by atoms with Crippen molar-refractivity contribution in [2.75, 3.05) is 9.80 Å². The fourth-order valence-corrected chi connectivity index (χ4v) is 16.2. The molecule has 0 saturated carbocycles. The minimum Gasteiger partial charge on any atom is -0.310 e. The van der Waals surface area contributed by atoms with Crippen LogP contribution in [0.25, 0.3) is 122 Å². The van der Waals surface area contributed by atoms with Crippen LogP contribution in [0, 0.1) is 0 Å². The van der Waals surface area contributed by atoms with Gasteiger partial charge in [0.1, 0.15) is 0 Å². The van der Waals surface area contributed by atoms with Gasteiger partial charge in [-0.1, -0.05) is 305 Å². The van der Waals surface area contributed by atoms with Crippen LogP contribution in [0.1, 0.15) is 98.2 Å². The van der Waals surface area contributed by atoms with Gasteiger partial charge in [-0.05, 0) is 191 Å². The molecule has 4 heterocycles. The van der Waals surface area contributed by atoms with E-state index in [0.717, 1.165) is 100 Å². The zero-order valence-corrected chi connectivity index (χ0v) is 61.1. The molecule has 17 aromatic rings. The average Bonchev–Trinajstić information content (AvgIpc) is 1.63. The topological polar surface area (TPSA) is 16.3 Å². The zero-order chi connectivity index (χ0) is 84.8. The lowest BCUT2D eigenvalue weighted by atomic mass is 9.33. The van der Waals surface area contributed by atoms with Gasteiger partial charge in [0.2, 0.25) is 0 Å². The van der Waals surface area contributed by atoms with Crippen molar-refractivity contribution in [3.8, 4) is 78.1 Å². The van der Waals surface area contributed by atoms with Crippen LogP contribution in [-0.2, 0) is 16.2 Å². The number of benzene rings is 15. The lowest BCUT2D eigenvalue weighted by Crippen LogP contribution is -2.61. The summed E-state index contributed by atoms with van der Waals surface area (Å²) in [5, 5.41) is 0.268. The van der Waals surface area contributed by atoms with Gasteiger partial charge < -0.3 is 18.9 Å². The number of anilines is 6. The average molecular weight is 1390 g/mol. The van der Waals surface area contributed by atoms with Crippen molar-refractivity contribution < 1.29 is 19.2 Å². The molecule has 15 aromatic carbocycles. The van der Waals surface area contributed by atoms with Crippen LogP contribution in [-0.4, -0.2) is 15.8 Å². The predicted molar refractivity (Wildman–Crippen MR) is 458 cm³/mol. The molecular formula is C102H83BN4. The van der Waals surface area contributed by atoms with Gasteiger partial charge in [0, 0.05) is 77.9 Å². The highest BCUT2D eigenvalue weighted by molar-refractivity contribution is 7.00. The molecule has 2 aliphatic heterocycles. The lowest BCUT2D eigenvalue weighted by Gasteiger charge is -2.47. The molecule has 0 N–H and O–H groups in total. The first-order valence-electron chi connectivity index (χ1n) is 43.7. The highest BCUT2D eigenvalue weighted by Crippen LogP contribution is 2.56. The molecule has 0 radical (unpaired) electrons. The molecule has 19 rings (SSSR count). The van der Waals surface area contributed by atoms with Crippen molar-refractivity contribution in [2.45, 2.75) is 78.6 Å². The standard InChI is InChI=1S/C102H83BN4/c1-100(2,3)74-58-81(68-36-20-12-21-37-68)98(82(59-74)69-38-22-13-23-39-69)106-93-64-77(104-89-46-30-28-44-79(89)85-56-72(48-54-91(85)104)66-32-16-10-17-33-66)50-52-87(93)103-88-53-51-78(105-90-47-31-29-45-80(90)86-57-73(49-55-92(86)105)67-34-18-11-19-35-67)65-94(88)107(96-63-76(102(7,8)9)62-95(106)97(96)103)99-83(70-40-24-14-25-41-70)60-75(101(4,5)6)61-84(99)71-42-26-15-27-43-71/h10-65H,1-9H3/i28D,29D,30D,31D,44D,45D,46D,47D,48D,49D,54D,55D,56D,57D. The molecule has 0 atom stereocenters. The molecule has 107 heavy (non-hydrogen) atoms. The normalized spacial score (nSPS) is 14.7. The molecule has 0 bridgehead atoms. The summed E-state index contributed by atoms with van der Waals surface area (Å²) in [4.78, 5) is 4.78. The third-order valence-electron chi connectivity index (χ3n) is 21.6. The van der Waals surface area contributed by atoms with E-state index in [0.29, 0.717) is 33.9 Å². The van der Waals surface area contributed by atoms with Crippen molar-refractivity contribution >= 4 is 101 Å². The summed E-state index contributed by atoms with van der Waals surface area (Å²) >= 11 is 0. The first-order valence-corrected chi connectivity index (χ1v) is 36.7. The van der Waals surface area contributed by atoms with E-state index in [4.69, 9.17) is 0 Å². The van der Waals surface area contributed by atoms with Gasteiger partial charge in [-0.25, -0.2) is 0 Å². The van der Waals surface area contributed by atoms with Gasteiger partial charge >= 0.3 is 0 Å². The monoisotopic (exact) mass is 1390 g/mol. The van der Waals surface area contributed by atoms with E-state index in [1.165, 1.54) is 0 Å². The lowest BCUT2D eigenvalue weighted by molar-refractivity contribution is 0.590. The van der Waals surface area contributed by atoms with Crippen LogP contribution in [0.4, 0.5) is 34.1 Å². The van der Waals surface area contributed by atoms with E-state index in [9.17, 15) is 19.2 Å². The third kappa shape index (κ3) is 11.0. The summed E-state index contributed by atoms with van der Waals surface area (Å²) in [6, 6.07) is 80.7. The van der Waals surface area contributed by atoms with Gasteiger partial charge in [0.25, 0.3) is 6.71 Å². The summed E-state index contributed by atoms with van der Waals surface area (Å²) in [5.41, 5.74) is 18.2. The Labute approximate surface area is 648 Å². The Hall–Kier alpha value is -12.4. The van der Waals surface area contributed by atoms with Crippen molar-refractivity contribution in [1.82, 2.24) is 9.13 Å². The van der Waals surface area contributed by atoms with Crippen LogP contribution in [0.15, 0.2) is 339 Å². The first-order chi connectivity index (χ1) is 57.8. The van der Waals surface area contributed by atoms with E-state index >= 15 is 0 Å². The minimum atomic E-state index is -0.728. The summed E-state index contributed by atoms with van der Waals surface area (Å²) in [6.45, 7) is 19.2. The Morgan fingerprint density at radius 2 is 0.570 bits per heavy atom. The molecule has 0 fully saturated rings. The van der Waals surface area contributed by atoms with E-state index < -0.39 is 71.3 Å². The maximum absolute atomic E-state index is 10.3. The smallest absolute Gasteiger partial charge is 0.252 e. The highest BCUT2D eigenvalue weighted by atomic mass is 15.2. The molecule has 0 amide bonds. The molecule has 2 aromatic heterocycles. The van der Waals surface area contributed by atoms with Crippen molar-refractivity contribution in [3.05, 3.63) is 356 Å². The predicted octanol–water partition coefficient (Wildman–Crippen LogP) is 25.9. The number of fused-ring (bicyclic) bond motifs is 10. The maximum atomic E-state index is 10.3. The maximum Gasteiger partial charge on any atom is 0.252 e. The minimum absolute atomic E-state index is 0.0290. The summed E-state index contributed by atoms with van der Waals surface area (Å²) in [7, 11) is 0. The molecule has 514 valence electrons. The molecule has 0 unspecified atom stereocenters. The second-order valence-electron chi connectivity index (χ2n) is 31.4. The van der Waals surface area contributed by atoms with Crippen LogP contribution in [0.3, 0.4) is 0 Å². The van der Waals surface area contributed by atoms with Gasteiger partial charge in [-0.15, -0.1) is 0 Å². The van der Waals surface area contributed by atoms with Crippen LogP contribution >= 0.6 is 0 Å². The molecule has 0 saturated heterocycles. The van der Waals surface area contributed by atoms with Gasteiger partial charge in [0.15, 0.2) is 0 Å². The molecule has 2 aliphatic rings. The SMILES string of the molecule is [2H]c1c([2H])c([2H])c2c(c1[2H])c1c([2H])c(-c3ccccc3)c([2H])c([2H])c1n2-c1ccc2c(c1)N(c1c(-c3ccccc3)cc(C(C)(C)C)cc1-c1ccccc1)c1cc(C(C)(C)C)cc3c1B2c1ccc(-n2c4c([2H])c([2H])c([2H])c([2H])c4c4c([2H])c(-c5ccccc5)c([2H])c([2H])c42)cc1N3c1c(-c2ccccc2)cc(C(C)(C)C)cc1-c1ccccc1. The zero-order valence-electron chi connectivity index (χ0n) is 75.1. The number of rotatable bonds is 10. The Bertz CT molecular complexity index is 6700. The van der Waals surface area contributed by atoms with Crippen molar-refractivity contribution in [3.63, 3.8) is 0 Å². The van der Waals surface area contributed by atoms with Gasteiger partial charge in [-0.3, -0.25) is 0 Å².